The summed E-state index contributed by atoms with van der Waals surface area (Å²) in [6.07, 6.45) is 19.1. The van der Waals surface area contributed by atoms with E-state index in [1.165, 1.54) is 51.4 Å². The molecule has 0 heterocycles. The second-order valence-corrected chi connectivity index (χ2v) is 7.44. The van der Waals surface area contributed by atoms with Crippen molar-refractivity contribution in [1.82, 2.24) is 0 Å². The van der Waals surface area contributed by atoms with Gasteiger partial charge in [0, 0.05) is 6.42 Å². The van der Waals surface area contributed by atoms with Crippen molar-refractivity contribution in [2.24, 2.45) is 0 Å². The number of hydrogen-bond donors (Lipinski definition) is 1. The summed E-state index contributed by atoms with van der Waals surface area (Å²) in [5, 5.41) is 10.0. The summed E-state index contributed by atoms with van der Waals surface area (Å²) >= 11 is 0. The van der Waals surface area contributed by atoms with Crippen molar-refractivity contribution in [3.63, 3.8) is 0 Å². The Morgan fingerprint density at radius 2 is 1.20 bits per heavy atom. The van der Waals surface area contributed by atoms with Gasteiger partial charge in [-0.1, -0.05) is 90.9 Å². The first kappa shape index (κ1) is 24.4. The van der Waals surface area contributed by atoms with Crippen LogP contribution in [0.1, 0.15) is 123 Å². The standard InChI is InChI=1S/C22H44O3/c1-3-5-7-8-9-10-11-12-14-17-21(23)18-15-13-16-19-22(24)25-20-6-4-2/h21,23H,3-20H2,1-2H3. The molecule has 0 bridgehead atoms. The Morgan fingerprint density at radius 3 is 1.76 bits per heavy atom. The summed E-state index contributed by atoms with van der Waals surface area (Å²) in [5.41, 5.74) is 0. The quantitative estimate of drug-likeness (QED) is 0.210. The Balaban J connectivity index is 3.25. The van der Waals surface area contributed by atoms with Crippen LogP contribution in [0, 0.1) is 0 Å². The normalized spacial score (nSPS) is 12.3. The molecule has 25 heavy (non-hydrogen) atoms. The number of hydrogen-bond acceptors (Lipinski definition) is 3. The van der Waals surface area contributed by atoms with Gasteiger partial charge < -0.3 is 9.84 Å². The molecule has 0 amide bonds. The third-order valence-electron chi connectivity index (χ3n) is 4.82. The van der Waals surface area contributed by atoms with Crippen molar-refractivity contribution in [3.05, 3.63) is 0 Å². The van der Waals surface area contributed by atoms with E-state index in [9.17, 15) is 9.90 Å². The van der Waals surface area contributed by atoms with Gasteiger partial charge in [0.1, 0.15) is 0 Å². The summed E-state index contributed by atoms with van der Waals surface area (Å²) in [6, 6.07) is 0. The minimum atomic E-state index is -0.152. The van der Waals surface area contributed by atoms with Gasteiger partial charge in [-0.3, -0.25) is 4.79 Å². The fraction of sp³-hybridized carbons (Fsp3) is 0.955. The molecule has 0 aromatic heterocycles. The van der Waals surface area contributed by atoms with Crippen molar-refractivity contribution in [1.29, 1.82) is 0 Å². The van der Waals surface area contributed by atoms with E-state index in [4.69, 9.17) is 4.74 Å². The van der Waals surface area contributed by atoms with Crippen molar-refractivity contribution < 1.29 is 14.6 Å². The van der Waals surface area contributed by atoms with Crippen LogP contribution in [0.4, 0.5) is 0 Å². The molecule has 1 N–H and O–H groups in total. The largest absolute Gasteiger partial charge is 0.466 e. The third kappa shape index (κ3) is 19.6. The van der Waals surface area contributed by atoms with E-state index in [1.807, 2.05) is 0 Å². The molecule has 1 atom stereocenters. The molecule has 3 nitrogen and oxygen atoms in total. The zero-order valence-corrected chi connectivity index (χ0v) is 17.1. The summed E-state index contributed by atoms with van der Waals surface area (Å²) < 4.78 is 5.13. The van der Waals surface area contributed by atoms with Crippen LogP contribution in [0.25, 0.3) is 0 Å². The average Bonchev–Trinajstić information content (AvgIpc) is 2.60. The van der Waals surface area contributed by atoms with Gasteiger partial charge in [0.2, 0.25) is 0 Å². The van der Waals surface area contributed by atoms with Crippen molar-refractivity contribution in [3.8, 4) is 0 Å². The number of rotatable bonds is 19. The van der Waals surface area contributed by atoms with Gasteiger partial charge in [-0.15, -0.1) is 0 Å². The van der Waals surface area contributed by atoms with Crippen LogP contribution >= 0.6 is 0 Å². The van der Waals surface area contributed by atoms with E-state index in [2.05, 4.69) is 13.8 Å². The summed E-state index contributed by atoms with van der Waals surface area (Å²) in [6.45, 7) is 4.91. The Hall–Kier alpha value is -0.570. The maximum absolute atomic E-state index is 11.4. The molecule has 0 aromatic rings. The number of esters is 1. The second-order valence-electron chi connectivity index (χ2n) is 7.44. The van der Waals surface area contributed by atoms with E-state index in [-0.39, 0.29) is 12.1 Å². The van der Waals surface area contributed by atoms with E-state index in [1.54, 1.807) is 0 Å². The third-order valence-corrected chi connectivity index (χ3v) is 4.82. The van der Waals surface area contributed by atoms with Gasteiger partial charge in [-0.25, -0.2) is 0 Å². The molecule has 150 valence electrons. The van der Waals surface area contributed by atoms with Crippen molar-refractivity contribution >= 4 is 5.97 Å². The lowest BCUT2D eigenvalue weighted by Crippen LogP contribution is -2.07. The van der Waals surface area contributed by atoms with Crippen LogP contribution in [-0.4, -0.2) is 23.8 Å². The van der Waals surface area contributed by atoms with Crippen molar-refractivity contribution in [2.75, 3.05) is 6.61 Å². The summed E-state index contributed by atoms with van der Waals surface area (Å²) in [4.78, 5) is 11.4. The molecule has 0 aromatic carbocycles. The highest BCUT2D eigenvalue weighted by atomic mass is 16.5. The van der Waals surface area contributed by atoms with Crippen LogP contribution < -0.4 is 0 Å². The predicted octanol–water partition coefficient (Wildman–Crippen LogP) is 6.56. The highest BCUT2D eigenvalue weighted by Gasteiger charge is 2.05. The Bertz CT molecular complexity index is 278. The van der Waals surface area contributed by atoms with E-state index in [0.29, 0.717) is 13.0 Å². The molecule has 0 saturated heterocycles. The lowest BCUT2D eigenvalue weighted by Gasteiger charge is -2.10. The zero-order chi connectivity index (χ0) is 18.6. The van der Waals surface area contributed by atoms with Gasteiger partial charge in [0.05, 0.1) is 12.7 Å². The Kier molecular flexibility index (Phi) is 19.3. The molecule has 0 aliphatic rings. The SMILES string of the molecule is CCCCCCCCCCCC(O)CCCCCC(=O)OCCCC. The number of aliphatic hydroxyl groups is 1. The summed E-state index contributed by atoms with van der Waals surface area (Å²) in [5.74, 6) is -0.0660. The molecule has 0 radical (unpaired) electrons. The van der Waals surface area contributed by atoms with Gasteiger partial charge in [0.25, 0.3) is 0 Å². The fourth-order valence-corrected chi connectivity index (χ4v) is 3.06. The van der Waals surface area contributed by atoms with E-state index < -0.39 is 0 Å². The molecule has 3 heteroatoms. The predicted molar refractivity (Wildman–Crippen MR) is 107 cm³/mol. The fourth-order valence-electron chi connectivity index (χ4n) is 3.06. The minimum Gasteiger partial charge on any atom is -0.466 e. The first-order valence-electron chi connectivity index (χ1n) is 11.0. The summed E-state index contributed by atoms with van der Waals surface area (Å²) in [7, 11) is 0. The molecule has 0 saturated carbocycles. The minimum absolute atomic E-state index is 0.0660. The first-order valence-corrected chi connectivity index (χ1v) is 11.0. The van der Waals surface area contributed by atoms with Crippen LogP contribution in [0.2, 0.25) is 0 Å². The smallest absolute Gasteiger partial charge is 0.305 e. The Labute approximate surface area is 156 Å². The number of carbonyl (C=O) groups excluding carboxylic acids is 1. The average molecular weight is 357 g/mol. The van der Waals surface area contributed by atoms with Gasteiger partial charge in [0.15, 0.2) is 0 Å². The first-order chi connectivity index (χ1) is 12.2. The lowest BCUT2D eigenvalue weighted by atomic mass is 10.0. The Morgan fingerprint density at radius 1 is 0.720 bits per heavy atom. The highest BCUT2D eigenvalue weighted by Crippen LogP contribution is 2.14. The molecular weight excluding hydrogens is 312 g/mol. The molecular formula is C22H44O3. The van der Waals surface area contributed by atoms with Crippen LogP contribution in [0.3, 0.4) is 0 Å². The molecule has 0 rings (SSSR count). The van der Waals surface area contributed by atoms with Crippen LogP contribution in [0.15, 0.2) is 0 Å². The maximum atomic E-state index is 11.4. The van der Waals surface area contributed by atoms with Crippen LogP contribution in [0.5, 0.6) is 0 Å². The van der Waals surface area contributed by atoms with Gasteiger partial charge >= 0.3 is 5.97 Å². The van der Waals surface area contributed by atoms with Gasteiger partial charge in [-0.2, -0.15) is 0 Å². The number of carbonyl (C=O) groups is 1. The molecule has 0 spiro atoms. The molecule has 0 aliphatic carbocycles. The maximum Gasteiger partial charge on any atom is 0.305 e. The number of ether oxygens (including phenoxy) is 1. The monoisotopic (exact) mass is 356 g/mol. The molecule has 0 aliphatic heterocycles. The number of aliphatic hydroxyl groups excluding tert-OH is 1. The van der Waals surface area contributed by atoms with Gasteiger partial charge in [-0.05, 0) is 25.7 Å². The van der Waals surface area contributed by atoms with Crippen molar-refractivity contribution in [2.45, 2.75) is 129 Å². The highest BCUT2D eigenvalue weighted by molar-refractivity contribution is 5.69. The lowest BCUT2D eigenvalue weighted by molar-refractivity contribution is -0.143. The number of unbranched alkanes of at least 4 members (excludes halogenated alkanes) is 11. The molecule has 0 fully saturated rings. The molecule has 1 unspecified atom stereocenters. The van der Waals surface area contributed by atoms with E-state index >= 15 is 0 Å². The topological polar surface area (TPSA) is 46.5 Å². The second kappa shape index (κ2) is 19.8. The van der Waals surface area contributed by atoms with Crippen LogP contribution in [-0.2, 0) is 9.53 Å². The van der Waals surface area contributed by atoms with E-state index in [0.717, 1.165) is 51.4 Å². The zero-order valence-electron chi connectivity index (χ0n) is 17.1.